The molecule has 0 aliphatic heterocycles. The maximum atomic E-state index is 11.9. The highest BCUT2D eigenvalue weighted by molar-refractivity contribution is 5.58. The molecule has 0 saturated carbocycles. The lowest BCUT2D eigenvalue weighted by atomic mass is 10.2. The van der Waals surface area contributed by atoms with Gasteiger partial charge in [0.15, 0.2) is 0 Å². The largest absolute Gasteiger partial charge is 0.508 e. The van der Waals surface area contributed by atoms with Crippen molar-refractivity contribution in [3.05, 3.63) is 34.6 Å². The average Bonchev–Trinajstić information content (AvgIpc) is 2.01. The third-order valence-corrected chi connectivity index (χ3v) is 1.31. The summed E-state index contributed by atoms with van der Waals surface area (Å²) in [6.07, 6.45) is 0.303. The molecule has 1 rings (SSSR count). The first-order valence-electron chi connectivity index (χ1n) is 3.25. The molecule has 0 aliphatic carbocycles. The second-order valence-corrected chi connectivity index (χ2v) is 2.29. The van der Waals surface area contributed by atoms with Gasteiger partial charge in [-0.2, -0.15) is 0 Å². The zero-order valence-corrected chi connectivity index (χ0v) is 6.37. The number of halogens is 1. The lowest BCUT2D eigenvalue weighted by molar-refractivity contribution is 0.442. The molecular weight excluding hydrogens is 163 g/mol. The number of hydrogen-bond acceptors (Lipinski definition) is 3. The van der Waals surface area contributed by atoms with Crippen LogP contribution in [0, 0.1) is 0 Å². The molecular formula is C8H7FO3. The molecule has 12 heavy (non-hydrogen) atoms. The zero-order chi connectivity index (χ0) is 9.14. The second-order valence-electron chi connectivity index (χ2n) is 2.29. The molecule has 4 heteroatoms. The molecule has 0 atom stereocenters. The molecule has 0 unspecified atom stereocenters. The number of hydrogen-bond donors (Lipinski definition) is 1. The minimum absolute atomic E-state index is 0.0301. The fourth-order valence-electron chi connectivity index (χ4n) is 0.712. The van der Waals surface area contributed by atoms with Crippen molar-refractivity contribution in [1.82, 2.24) is 0 Å². The van der Waals surface area contributed by atoms with Gasteiger partial charge in [0.1, 0.15) is 11.5 Å². The number of aromatic hydroxyl groups is 1. The van der Waals surface area contributed by atoms with Crippen molar-refractivity contribution in [2.24, 2.45) is 0 Å². The van der Waals surface area contributed by atoms with E-state index in [4.69, 9.17) is 5.11 Å². The Kier molecular flexibility index (Phi) is 2.28. The predicted octanol–water partition coefficient (Wildman–Crippen LogP) is 1.68. The molecule has 64 valence electrons. The summed E-state index contributed by atoms with van der Waals surface area (Å²) in [7, 11) is 0. The van der Waals surface area contributed by atoms with Gasteiger partial charge in [-0.15, -0.1) is 0 Å². The van der Waals surface area contributed by atoms with E-state index in [1.54, 1.807) is 0 Å². The van der Waals surface area contributed by atoms with Crippen molar-refractivity contribution in [3.63, 3.8) is 0 Å². The smallest absolute Gasteiger partial charge is 0.339 e. The van der Waals surface area contributed by atoms with Crippen LogP contribution in [-0.4, -0.2) is 5.11 Å². The molecule has 1 aromatic rings. The number of rotatable bonds is 1. The summed E-state index contributed by atoms with van der Waals surface area (Å²) >= 11 is 0. The SMILES string of the molecule is C/C(=C\F)c1cc(O)cc(=O)o1. The van der Waals surface area contributed by atoms with Crippen molar-refractivity contribution in [2.75, 3.05) is 0 Å². The van der Waals surface area contributed by atoms with Crippen LogP contribution in [0.15, 0.2) is 27.7 Å². The van der Waals surface area contributed by atoms with Crippen molar-refractivity contribution in [1.29, 1.82) is 0 Å². The van der Waals surface area contributed by atoms with Gasteiger partial charge in [0.2, 0.25) is 0 Å². The Morgan fingerprint density at radius 2 is 2.33 bits per heavy atom. The van der Waals surface area contributed by atoms with E-state index in [1.807, 2.05) is 0 Å². The average molecular weight is 170 g/mol. The Balaban J connectivity index is 3.27. The lowest BCUT2D eigenvalue weighted by Crippen LogP contribution is -1.97. The Labute approximate surface area is 67.8 Å². The summed E-state index contributed by atoms with van der Waals surface area (Å²) in [4.78, 5) is 10.7. The first-order chi connectivity index (χ1) is 5.63. The fraction of sp³-hybridized carbons (Fsp3) is 0.125. The van der Waals surface area contributed by atoms with E-state index in [0.717, 1.165) is 6.07 Å². The van der Waals surface area contributed by atoms with Gasteiger partial charge in [-0.25, -0.2) is 9.18 Å². The molecule has 0 fully saturated rings. The Hall–Kier alpha value is -1.58. The summed E-state index contributed by atoms with van der Waals surface area (Å²) in [5, 5.41) is 8.93. The fourth-order valence-corrected chi connectivity index (χ4v) is 0.712. The van der Waals surface area contributed by atoms with Gasteiger partial charge < -0.3 is 9.52 Å². The van der Waals surface area contributed by atoms with E-state index in [0.29, 0.717) is 6.33 Å². The summed E-state index contributed by atoms with van der Waals surface area (Å²) in [6.45, 7) is 1.43. The third kappa shape index (κ3) is 1.72. The molecule has 0 bridgehead atoms. The van der Waals surface area contributed by atoms with Gasteiger partial charge in [0, 0.05) is 11.6 Å². The zero-order valence-electron chi connectivity index (χ0n) is 6.37. The van der Waals surface area contributed by atoms with Crippen LogP contribution in [-0.2, 0) is 0 Å². The second kappa shape index (κ2) is 3.21. The van der Waals surface area contributed by atoms with Crippen LogP contribution in [0.2, 0.25) is 0 Å². The normalized spacial score (nSPS) is 11.7. The van der Waals surface area contributed by atoms with Crippen LogP contribution in [0.1, 0.15) is 12.7 Å². The van der Waals surface area contributed by atoms with Crippen LogP contribution < -0.4 is 5.63 Å². The maximum Gasteiger partial charge on any atom is 0.339 e. The molecule has 0 spiro atoms. The van der Waals surface area contributed by atoms with E-state index in [9.17, 15) is 9.18 Å². The van der Waals surface area contributed by atoms with Crippen molar-refractivity contribution in [3.8, 4) is 5.75 Å². The molecule has 0 saturated heterocycles. The van der Waals surface area contributed by atoms with Crippen LogP contribution in [0.5, 0.6) is 5.75 Å². The minimum Gasteiger partial charge on any atom is -0.508 e. The monoisotopic (exact) mass is 170 g/mol. The first kappa shape index (κ1) is 8.52. The van der Waals surface area contributed by atoms with Crippen LogP contribution in [0.25, 0.3) is 5.57 Å². The van der Waals surface area contributed by atoms with E-state index < -0.39 is 5.63 Å². The summed E-state index contributed by atoms with van der Waals surface area (Å²) < 4.78 is 16.5. The summed E-state index contributed by atoms with van der Waals surface area (Å²) in [5.74, 6) is -0.204. The van der Waals surface area contributed by atoms with Crippen LogP contribution in [0.3, 0.4) is 0 Å². The van der Waals surface area contributed by atoms with Gasteiger partial charge in [-0.3, -0.25) is 0 Å². The van der Waals surface area contributed by atoms with E-state index >= 15 is 0 Å². The molecule has 0 amide bonds. The first-order valence-corrected chi connectivity index (χ1v) is 3.25. The van der Waals surface area contributed by atoms with Gasteiger partial charge in [0.05, 0.1) is 12.4 Å². The van der Waals surface area contributed by atoms with Gasteiger partial charge >= 0.3 is 5.63 Å². The highest BCUT2D eigenvalue weighted by atomic mass is 19.1. The highest BCUT2D eigenvalue weighted by Gasteiger charge is 2.02. The number of allylic oxidation sites excluding steroid dienone is 1. The van der Waals surface area contributed by atoms with Crippen molar-refractivity contribution < 1.29 is 13.9 Å². The van der Waals surface area contributed by atoms with Crippen LogP contribution in [0.4, 0.5) is 4.39 Å². The standard InChI is InChI=1S/C8H7FO3/c1-5(4-9)7-2-6(10)3-8(11)12-7/h2-4,10H,1H3/b5-4+. The van der Waals surface area contributed by atoms with Crippen LogP contribution >= 0.6 is 0 Å². The topological polar surface area (TPSA) is 50.4 Å². The lowest BCUT2D eigenvalue weighted by Gasteiger charge is -1.96. The molecule has 0 aliphatic rings. The molecule has 0 aromatic carbocycles. The molecule has 3 nitrogen and oxygen atoms in total. The molecule has 0 radical (unpaired) electrons. The van der Waals surface area contributed by atoms with Crippen molar-refractivity contribution >= 4 is 5.57 Å². The Morgan fingerprint density at radius 3 is 2.83 bits per heavy atom. The van der Waals surface area contributed by atoms with E-state index in [1.165, 1.54) is 13.0 Å². The minimum atomic E-state index is -0.703. The van der Waals surface area contributed by atoms with Gasteiger partial charge in [0.25, 0.3) is 0 Å². The summed E-state index contributed by atoms with van der Waals surface area (Å²) in [6, 6.07) is 2.09. The van der Waals surface area contributed by atoms with E-state index in [-0.39, 0.29) is 17.1 Å². The summed E-state index contributed by atoms with van der Waals surface area (Å²) in [5.41, 5.74) is -0.547. The third-order valence-electron chi connectivity index (χ3n) is 1.31. The quantitative estimate of drug-likeness (QED) is 0.697. The molecule has 1 N–H and O–H groups in total. The maximum absolute atomic E-state index is 11.9. The van der Waals surface area contributed by atoms with Gasteiger partial charge in [-0.1, -0.05) is 0 Å². The van der Waals surface area contributed by atoms with Crippen molar-refractivity contribution in [2.45, 2.75) is 6.92 Å². The predicted molar refractivity (Wildman–Crippen MR) is 41.4 cm³/mol. The van der Waals surface area contributed by atoms with E-state index in [2.05, 4.69) is 4.42 Å². The van der Waals surface area contributed by atoms with Gasteiger partial charge in [-0.05, 0) is 6.92 Å². The highest BCUT2D eigenvalue weighted by Crippen LogP contribution is 2.16. The Bertz CT molecular complexity index is 365. The molecule has 1 heterocycles. The Morgan fingerprint density at radius 1 is 1.67 bits per heavy atom. The molecule has 1 aromatic heterocycles.